The van der Waals surface area contributed by atoms with Crippen molar-refractivity contribution in [3.63, 3.8) is 0 Å². The molecule has 0 aromatic carbocycles. The van der Waals surface area contributed by atoms with Gasteiger partial charge in [-0.25, -0.2) is 4.98 Å². The maximum Gasteiger partial charge on any atom is 0.252 e. The summed E-state index contributed by atoms with van der Waals surface area (Å²) in [5, 5.41) is 14.1. The molecule has 9 heteroatoms. The largest absolute Gasteiger partial charge is 0.481 e. The van der Waals surface area contributed by atoms with Gasteiger partial charge >= 0.3 is 0 Å². The zero-order valence-corrected chi connectivity index (χ0v) is 14.6. The van der Waals surface area contributed by atoms with Crippen LogP contribution in [0.2, 0.25) is 0 Å². The molecule has 0 spiro atoms. The average Bonchev–Trinajstić information content (AvgIpc) is 2.72. The van der Waals surface area contributed by atoms with Crippen LogP contribution in [0.15, 0.2) is 30.6 Å². The van der Waals surface area contributed by atoms with Gasteiger partial charge in [0.15, 0.2) is 5.82 Å². The molecule has 1 fully saturated rings. The summed E-state index contributed by atoms with van der Waals surface area (Å²) in [5.41, 5.74) is 1.50. The molecular weight excluding hydrogens is 336 g/mol. The maximum absolute atomic E-state index is 12.1. The van der Waals surface area contributed by atoms with Gasteiger partial charge in [-0.2, -0.15) is 5.10 Å². The molecule has 0 saturated carbocycles. The monoisotopic (exact) mass is 358 g/mol. The molecule has 138 valence electrons. The Labute approximate surface area is 151 Å². The molecule has 3 rings (SSSR count). The van der Waals surface area contributed by atoms with E-state index in [4.69, 9.17) is 9.47 Å². The molecule has 0 bridgehead atoms. The number of ether oxygens (including phenoxy) is 2. The highest BCUT2D eigenvalue weighted by molar-refractivity contribution is 5.93. The minimum atomic E-state index is -0.185. The molecule has 2 aromatic rings. The van der Waals surface area contributed by atoms with Gasteiger partial charge in [-0.3, -0.25) is 4.79 Å². The lowest BCUT2D eigenvalue weighted by molar-refractivity contribution is 0.0954. The fourth-order valence-electron chi connectivity index (χ4n) is 2.54. The number of amides is 1. The number of hydrogen-bond acceptors (Lipinski definition) is 8. The van der Waals surface area contributed by atoms with E-state index >= 15 is 0 Å². The second-order valence-corrected chi connectivity index (χ2v) is 5.67. The van der Waals surface area contributed by atoms with Crippen LogP contribution in [-0.2, 0) is 4.74 Å². The third kappa shape index (κ3) is 4.79. The van der Waals surface area contributed by atoms with Crippen molar-refractivity contribution >= 4 is 17.4 Å². The molecule has 0 aliphatic carbocycles. The maximum atomic E-state index is 12.1. The van der Waals surface area contributed by atoms with Gasteiger partial charge in [-0.1, -0.05) is 0 Å². The van der Waals surface area contributed by atoms with Crippen molar-refractivity contribution in [2.24, 2.45) is 0 Å². The SMILES string of the molecule is COc1ccc(C(=O)NCCNc2cc(N3CCOCC3)cnn2)cn1. The predicted octanol–water partition coefficient (Wildman–Crippen LogP) is 0.559. The van der Waals surface area contributed by atoms with E-state index in [0.717, 1.165) is 32.0 Å². The van der Waals surface area contributed by atoms with E-state index in [-0.39, 0.29) is 5.91 Å². The number of aromatic nitrogens is 3. The van der Waals surface area contributed by atoms with E-state index in [1.54, 1.807) is 18.3 Å². The van der Waals surface area contributed by atoms with Crippen molar-refractivity contribution in [1.82, 2.24) is 20.5 Å². The summed E-state index contributed by atoms with van der Waals surface area (Å²) in [5.74, 6) is 0.964. The first kappa shape index (κ1) is 17.9. The molecule has 1 aliphatic heterocycles. The van der Waals surface area contributed by atoms with Crippen molar-refractivity contribution in [2.75, 3.05) is 56.7 Å². The fraction of sp³-hybridized carbons (Fsp3) is 0.412. The number of anilines is 2. The first-order valence-electron chi connectivity index (χ1n) is 8.44. The molecule has 0 atom stereocenters. The van der Waals surface area contributed by atoms with Crippen LogP contribution in [0, 0.1) is 0 Å². The number of nitrogens with one attached hydrogen (secondary N) is 2. The first-order chi connectivity index (χ1) is 12.8. The lowest BCUT2D eigenvalue weighted by Crippen LogP contribution is -2.36. The highest BCUT2D eigenvalue weighted by atomic mass is 16.5. The van der Waals surface area contributed by atoms with Gasteiger partial charge in [-0.15, -0.1) is 5.10 Å². The van der Waals surface area contributed by atoms with Gasteiger partial charge in [-0.05, 0) is 6.07 Å². The summed E-state index contributed by atoms with van der Waals surface area (Å²) in [6, 6.07) is 5.28. The van der Waals surface area contributed by atoms with Gasteiger partial charge in [0.2, 0.25) is 5.88 Å². The molecule has 2 aromatic heterocycles. The Kier molecular flexibility index (Phi) is 6.15. The Bertz CT molecular complexity index is 719. The van der Waals surface area contributed by atoms with Crippen molar-refractivity contribution in [1.29, 1.82) is 0 Å². The Morgan fingerprint density at radius 2 is 2.12 bits per heavy atom. The lowest BCUT2D eigenvalue weighted by atomic mass is 10.2. The van der Waals surface area contributed by atoms with E-state index in [2.05, 4.69) is 30.7 Å². The zero-order chi connectivity index (χ0) is 18.2. The van der Waals surface area contributed by atoms with Gasteiger partial charge in [0.25, 0.3) is 5.91 Å². The third-order valence-corrected chi connectivity index (χ3v) is 3.94. The summed E-state index contributed by atoms with van der Waals surface area (Å²) in [6.07, 6.45) is 3.23. The number of carbonyl (C=O) groups is 1. The van der Waals surface area contributed by atoms with E-state index in [0.29, 0.717) is 30.4 Å². The number of morpholine rings is 1. The van der Waals surface area contributed by atoms with Crippen molar-refractivity contribution < 1.29 is 14.3 Å². The smallest absolute Gasteiger partial charge is 0.252 e. The summed E-state index contributed by atoms with van der Waals surface area (Å²) in [7, 11) is 1.53. The molecule has 9 nitrogen and oxygen atoms in total. The molecule has 26 heavy (non-hydrogen) atoms. The summed E-state index contributed by atoms with van der Waals surface area (Å²) < 4.78 is 10.3. The predicted molar refractivity (Wildman–Crippen MR) is 96.7 cm³/mol. The average molecular weight is 358 g/mol. The molecular formula is C17H22N6O3. The summed E-state index contributed by atoms with van der Waals surface area (Å²) >= 11 is 0. The van der Waals surface area contributed by atoms with E-state index in [1.807, 2.05) is 6.07 Å². The van der Waals surface area contributed by atoms with Crippen molar-refractivity contribution in [2.45, 2.75) is 0 Å². The minimum Gasteiger partial charge on any atom is -0.481 e. The Hall–Kier alpha value is -2.94. The molecule has 1 aliphatic rings. The number of carbonyl (C=O) groups excluding carboxylic acids is 1. The third-order valence-electron chi connectivity index (χ3n) is 3.94. The van der Waals surface area contributed by atoms with E-state index < -0.39 is 0 Å². The number of rotatable bonds is 7. The first-order valence-corrected chi connectivity index (χ1v) is 8.44. The Morgan fingerprint density at radius 3 is 2.85 bits per heavy atom. The van der Waals surface area contributed by atoms with Gasteiger partial charge in [0.05, 0.1) is 37.8 Å². The van der Waals surface area contributed by atoms with Crippen LogP contribution in [-0.4, -0.2) is 67.6 Å². The van der Waals surface area contributed by atoms with Crippen LogP contribution in [0.5, 0.6) is 5.88 Å². The van der Waals surface area contributed by atoms with Crippen LogP contribution >= 0.6 is 0 Å². The van der Waals surface area contributed by atoms with Crippen molar-refractivity contribution in [3.05, 3.63) is 36.2 Å². The van der Waals surface area contributed by atoms with Crippen LogP contribution in [0.4, 0.5) is 11.5 Å². The molecule has 3 heterocycles. The second-order valence-electron chi connectivity index (χ2n) is 5.67. The second kappa shape index (κ2) is 8.95. The van der Waals surface area contributed by atoms with Crippen LogP contribution in [0.25, 0.3) is 0 Å². The zero-order valence-electron chi connectivity index (χ0n) is 14.6. The quantitative estimate of drug-likeness (QED) is 0.693. The Morgan fingerprint density at radius 1 is 1.27 bits per heavy atom. The molecule has 1 saturated heterocycles. The van der Waals surface area contributed by atoms with Gasteiger partial charge in [0.1, 0.15) is 0 Å². The molecule has 0 unspecified atom stereocenters. The highest BCUT2D eigenvalue weighted by Crippen LogP contribution is 2.16. The van der Waals surface area contributed by atoms with Crippen LogP contribution in [0.3, 0.4) is 0 Å². The molecule has 1 amide bonds. The molecule has 2 N–H and O–H groups in total. The lowest BCUT2D eigenvalue weighted by Gasteiger charge is -2.28. The highest BCUT2D eigenvalue weighted by Gasteiger charge is 2.12. The number of pyridine rings is 1. The number of methoxy groups -OCH3 is 1. The van der Waals surface area contributed by atoms with Crippen LogP contribution < -0.4 is 20.3 Å². The molecule has 0 radical (unpaired) electrons. The van der Waals surface area contributed by atoms with Crippen molar-refractivity contribution in [3.8, 4) is 5.88 Å². The number of nitrogens with zero attached hydrogens (tertiary/aromatic N) is 4. The number of hydrogen-bond donors (Lipinski definition) is 2. The minimum absolute atomic E-state index is 0.185. The standard InChI is InChI=1S/C17H22N6O3/c1-25-16-3-2-13(11-20-16)17(24)19-5-4-18-15-10-14(12-21-22-15)23-6-8-26-9-7-23/h2-3,10-12H,4-9H2,1H3,(H,18,22)(H,19,24). The van der Waals surface area contributed by atoms with Gasteiger partial charge in [0, 0.05) is 44.5 Å². The van der Waals surface area contributed by atoms with E-state index in [1.165, 1.54) is 13.3 Å². The van der Waals surface area contributed by atoms with E-state index in [9.17, 15) is 4.79 Å². The summed E-state index contributed by atoms with van der Waals surface area (Å²) in [6.45, 7) is 4.12. The van der Waals surface area contributed by atoms with Gasteiger partial charge < -0.3 is 25.0 Å². The van der Waals surface area contributed by atoms with Crippen LogP contribution in [0.1, 0.15) is 10.4 Å². The fourth-order valence-corrected chi connectivity index (χ4v) is 2.54. The normalized spacial score (nSPS) is 14.0. The Balaban J connectivity index is 1.45. The topological polar surface area (TPSA) is 102 Å². The summed E-state index contributed by atoms with van der Waals surface area (Å²) in [4.78, 5) is 18.3.